The third kappa shape index (κ3) is 4.04. The summed E-state index contributed by atoms with van der Waals surface area (Å²) in [6, 6.07) is 10.5. The Morgan fingerprint density at radius 2 is 2.03 bits per heavy atom. The molecular weight excluding hydrogens is 396 g/mol. The molecule has 3 aromatic rings. The number of likely N-dealkylation sites (tertiary alicyclic amines) is 1. The summed E-state index contributed by atoms with van der Waals surface area (Å²) in [6.45, 7) is 0.461. The van der Waals surface area contributed by atoms with Gasteiger partial charge in [-0.05, 0) is 24.3 Å². The van der Waals surface area contributed by atoms with E-state index < -0.39 is 17.7 Å². The van der Waals surface area contributed by atoms with Gasteiger partial charge in [0, 0.05) is 44.4 Å². The lowest BCUT2D eigenvalue weighted by atomic mass is 10.0. The fraction of sp³-hybridized carbons (Fsp3) is 0.273. The Morgan fingerprint density at radius 1 is 1.23 bits per heavy atom. The maximum atomic E-state index is 12.1. The van der Waals surface area contributed by atoms with Crippen molar-refractivity contribution >= 4 is 5.91 Å². The largest absolute Gasteiger partial charge is 0.373 e. The molecule has 0 spiro atoms. The smallest absolute Gasteiger partial charge is 0.267 e. The summed E-state index contributed by atoms with van der Waals surface area (Å²) in [5, 5.41) is 24.6. The summed E-state index contributed by atoms with van der Waals surface area (Å²) in [5.74, 6) is 5.55. The molecule has 1 saturated heterocycles. The molecule has 3 heterocycles. The van der Waals surface area contributed by atoms with Gasteiger partial charge in [-0.3, -0.25) is 9.48 Å². The second-order valence-electron chi connectivity index (χ2n) is 7.45. The van der Waals surface area contributed by atoms with Crippen molar-refractivity contribution in [2.24, 2.45) is 12.8 Å². The first-order valence-electron chi connectivity index (χ1n) is 9.69. The Bertz CT molecular complexity index is 1210. The second kappa shape index (κ2) is 7.92. The third-order valence-electron chi connectivity index (χ3n) is 5.18. The fourth-order valence-electron chi connectivity index (χ4n) is 3.38. The fourth-order valence-corrected chi connectivity index (χ4v) is 3.38. The molecule has 31 heavy (non-hydrogen) atoms. The zero-order valence-corrected chi connectivity index (χ0v) is 17.1. The van der Waals surface area contributed by atoms with E-state index in [1.165, 1.54) is 4.90 Å². The Morgan fingerprint density at radius 3 is 2.68 bits per heavy atom. The van der Waals surface area contributed by atoms with Crippen LogP contribution in [-0.4, -0.2) is 60.0 Å². The van der Waals surface area contributed by atoms with Crippen LogP contribution in [0.4, 0.5) is 0 Å². The molecule has 4 rings (SSSR count). The number of nitrogens with two attached hydrogens (primary N) is 1. The molecule has 158 valence electrons. The van der Waals surface area contributed by atoms with Gasteiger partial charge < -0.3 is 20.8 Å². The molecule has 9 nitrogen and oxygen atoms in total. The summed E-state index contributed by atoms with van der Waals surface area (Å²) in [6.07, 6.45) is 0.650. The zero-order valence-electron chi connectivity index (χ0n) is 17.1. The summed E-state index contributed by atoms with van der Waals surface area (Å²) in [7, 11) is 3.43. The Hall–Kier alpha value is -3.58. The van der Waals surface area contributed by atoms with Crippen LogP contribution in [0.3, 0.4) is 0 Å². The van der Waals surface area contributed by atoms with Gasteiger partial charge in [0.05, 0.1) is 17.1 Å². The Kier molecular flexibility index (Phi) is 5.29. The lowest BCUT2D eigenvalue weighted by Crippen LogP contribution is -2.37. The number of carbonyl (C=O) groups excluding carboxylic acids is 1. The molecule has 9 heteroatoms. The van der Waals surface area contributed by atoms with E-state index in [0.717, 1.165) is 5.69 Å². The molecule has 2 aromatic heterocycles. The molecule has 1 aliphatic heterocycles. The van der Waals surface area contributed by atoms with Gasteiger partial charge in [0.1, 0.15) is 6.23 Å². The number of aromatic nitrogens is 4. The Labute approximate surface area is 179 Å². The average Bonchev–Trinajstić information content (AvgIpc) is 3.31. The predicted molar refractivity (Wildman–Crippen MR) is 113 cm³/mol. The van der Waals surface area contributed by atoms with Crippen molar-refractivity contribution in [3.8, 4) is 34.6 Å². The minimum atomic E-state index is -1.67. The highest BCUT2D eigenvalue weighted by atomic mass is 16.3. The highest BCUT2D eigenvalue weighted by molar-refractivity contribution is 5.90. The monoisotopic (exact) mass is 418 g/mol. The van der Waals surface area contributed by atoms with Crippen LogP contribution in [0.2, 0.25) is 0 Å². The highest BCUT2D eigenvalue weighted by Gasteiger charge is 2.42. The SMILES string of the molecule is CN1CC[C@@](O)(C#Cc2cccc(-c3nc(-c4ccnn4C)cc(C(N)O)n3)c2)C1=O. The lowest BCUT2D eigenvalue weighted by molar-refractivity contribution is -0.137. The molecule has 0 bridgehead atoms. The number of rotatable bonds is 3. The van der Waals surface area contributed by atoms with Crippen LogP contribution in [0.15, 0.2) is 42.6 Å². The van der Waals surface area contributed by atoms with E-state index in [9.17, 15) is 15.0 Å². The number of aliphatic hydroxyl groups excluding tert-OH is 1. The first-order valence-corrected chi connectivity index (χ1v) is 9.69. The molecule has 0 aliphatic carbocycles. The van der Waals surface area contributed by atoms with Gasteiger partial charge in [-0.2, -0.15) is 5.10 Å². The first-order chi connectivity index (χ1) is 14.8. The van der Waals surface area contributed by atoms with E-state index in [2.05, 4.69) is 26.9 Å². The predicted octanol–water partition coefficient (Wildman–Crippen LogP) is 0.438. The van der Waals surface area contributed by atoms with E-state index >= 15 is 0 Å². The van der Waals surface area contributed by atoms with Crippen LogP contribution in [0, 0.1) is 11.8 Å². The van der Waals surface area contributed by atoms with Crippen LogP contribution in [0.25, 0.3) is 22.8 Å². The summed E-state index contributed by atoms with van der Waals surface area (Å²) >= 11 is 0. The number of likely N-dealkylation sites (N-methyl/N-ethyl adjacent to an activating group) is 1. The molecule has 2 atom stereocenters. The third-order valence-corrected chi connectivity index (χ3v) is 5.18. The molecule has 1 aromatic carbocycles. The van der Waals surface area contributed by atoms with Crippen molar-refractivity contribution in [2.75, 3.05) is 13.6 Å². The minimum absolute atomic E-state index is 0.266. The van der Waals surface area contributed by atoms with Crippen molar-refractivity contribution in [1.29, 1.82) is 0 Å². The van der Waals surface area contributed by atoms with Gasteiger partial charge in [-0.1, -0.05) is 24.0 Å². The van der Waals surface area contributed by atoms with E-state index in [1.807, 2.05) is 6.07 Å². The maximum Gasteiger partial charge on any atom is 0.267 e. The number of hydrogen-bond acceptors (Lipinski definition) is 7. The number of amides is 1. The van der Waals surface area contributed by atoms with Crippen LogP contribution in [-0.2, 0) is 11.8 Å². The summed E-state index contributed by atoms with van der Waals surface area (Å²) in [5.41, 5.74) is 6.82. The van der Waals surface area contributed by atoms with Crippen LogP contribution < -0.4 is 5.73 Å². The van der Waals surface area contributed by atoms with Gasteiger partial charge in [-0.15, -0.1) is 0 Å². The molecule has 4 N–H and O–H groups in total. The van der Waals surface area contributed by atoms with Crippen molar-refractivity contribution in [2.45, 2.75) is 18.2 Å². The van der Waals surface area contributed by atoms with E-state index in [1.54, 1.807) is 55.3 Å². The van der Waals surface area contributed by atoms with Crippen molar-refractivity contribution in [3.63, 3.8) is 0 Å². The summed E-state index contributed by atoms with van der Waals surface area (Å²) < 4.78 is 1.66. The number of aliphatic hydroxyl groups is 2. The van der Waals surface area contributed by atoms with E-state index in [4.69, 9.17) is 5.73 Å². The zero-order chi connectivity index (χ0) is 22.2. The van der Waals surface area contributed by atoms with Crippen LogP contribution in [0.5, 0.6) is 0 Å². The van der Waals surface area contributed by atoms with Gasteiger partial charge in [0.15, 0.2) is 5.82 Å². The summed E-state index contributed by atoms with van der Waals surface area (Å²) in [4.78, 5) is 22.6. The van der Waals surface area contributed by atoms with Crippen LogP contribution in [0.1, 0.15) is 23.9 Å². The topological polar surface area (TPSA) is 130 Å². The first kappa shape index (κ1) is 20.7. The normalized spacial score (nSPS) is 19.3. The number of hydrogen-bond donors (Lipinski definition) is 3. The number of nitrogens with zero attached hydrogens (tertiary/aromatic N) is 5. The molecule has 1 unspecified atom stereocenters. The molecule has 1 fully saturated rings. The standard InChI is InChI=1S/C22H22N6O3/c1-27-11-9-22(31,21(27)30)8-6-14-4-3-5-15(12-14)20-25-16(13-17(26-20)19(23)29)18-7-10-24-28(18)2/h3-5,7,10,12-13,19,29,31H,9,11,23H2,1-2H3/t19?,22-/m0/s1. The number of carbonyl (C=O) groups is 1. The van der Waals surface area contributed by atoms with Gasteiger partial charge in [-0.25, -0.2) is 9.97 Å². The van der Waals surface area contributed by atoms with Crippen molar-refractivity contribution in [3.05, 3.63) is 53.9 Å². The van der Waals surface area contributed by atoms with Crippen LogP contribution >= 0.6 is 0 Å². The number of benzene rings is 1. The maximum absolute atomic E-state index is 12.1. The minimum Gasteiger partial charge on any atom is -0.373 e. The molecular formula is C22H22N6O3. The van der Waals surface area contributed by atoms with Gasteiger partial charge in [0.2, 0.25) is 5.60 Å². The van der Waals surface area contributed by atoms with Gasteiger partial charge >= 0.3 is 0 Å². The van der Waals surface area contributed by atoms with Crippen molar-refractivity contribution < 1.29 is 15.0 Å². The average molecular weight is 418 g/mol. The quantitative estimate of drug-likeness (QED) is 0.415. The highest BCUT2D eigenvalue weighted by Crippen LogP contribution is 2.25. The second-order valence-corrected chi connectivity index (χ2v) is 7.45. The molecule has 0 radical (unpaired) electrons. The number of aryl methyl sites for hydroxylation is 1. The Balaban J connectivity index is 1.73. The van der Waals surface area contributed by atoms with Gasteiger partial charge in [0.25, 0.3) is 5.91 Å². The molecule has 0 saturated carbocycles. The molecule has 1 aliphatic rings. The lowest BCUT2D eigenvalue weighted by Gasteiger charge is -2.13. The van der Waals surface area contributed by atoms with Crippen molar-refractivity contribution in [1.82, 2.24) is 24.6 Å². The van der Waals surface area contributed by atoms with E-state index in [0.29, 0.717) is 29.2 Å². The van der Waals surface area contributed by atoms with E-state index in [-0.39, 0.29) is 12.1 Å². The molecule has 1 amide bonds.